The molecule has 2 aromatic carbocycles. The molecular formula is C21H27N3. The number of aryl methyl sites for hydroxylation is 2. The lowest BCUT2D eigenvalue weighted by Crippen LogP contribution is -2.06. The van der Waals surface area contributed by atoms with Crippen LogP contribution in [0.25, 0.3) is 10.9 Å². The first-order valence-corrected chi connectivity index (χ1v) is 8.87. The molecule has 24 heavy (non-hydrogen) atoms. The first-order valence-electron chi connectivity index (χ1n) is 8.87. The van der Waals surface area contributed by atoms with E-state index in [1.54, 1.807) is 0 Å². The molecule has 0 fully saturated rings. The molecule has 0 saturated carbocycles. The van der Waals surface area contributed by atoms with Crippen molar-refractivity contribution in [3.63, 3.8) is 0 Å². The van der Waals surface area contributed by atoms with Crippen molar-refractivity contribution < 1.29 is 0 Å². The summed E-state index contributed by atoms with van der Waals surface area (Å²) in [6.45, 7) is 5.24. The predicted octanol–water partition coefficient (Wildman–Crippen LogP) is 5.06. The summed E-state index contributed by atoms with van der Waals surface area (Å²) in [6.07, 6.45) is 6.79. The summed E-state index contributed by atoms with van der Waals surface area (Å²) < 4.78 is 0. The van der Waals surface area contributed by atoms with Crippen LogP contribution in [0, 0.1) is 6.92 Å². The fourth-order valence-electron chi connectivity index (χ4n) is 3.27. The van der Waals surface area contributed by atoms with Crippen LogP contribution >= 0.6 is 0 Å². The van der Waals surface area contributed by atoms with Crippen LogP contribution in [0.15, 0.2) is 42.6 Å². The van der Waals surface area contributed by atoms with E-state index >= 15 is 0 Å². The van der Waals surface area contributed by atoms with Crippen LogP contribution in [0.4, 0.5) is 11.4 Å². The molecule has 4 N–H and O–H groups in total. The molecule has 1 aromatic heterocycles. The van der Waals surface area contributed by atoms with Gasteiger partial charge in [0.05, 0.1) is 0 Å². The summed E-state index contributed by atoms with van der Waals surface area (Å²) in [7, 11) is 0. The number of aromatic amines is 1. The Labute approximate surface area is 144 Å². The van der Waals surface area contributed by atoms with Crippen molar-refractivity contribution in [1.82, 2.24) is 4.98 Å². The van der Waals surface area contributed by atoms with Gasteiger partial charge >= 0.3 is 0 Å². The molecule has 0 amide bonds. The number of nitrogens with two attached hydrogens (primary N) is 1. The molecular weight excluding hydrogens is 294 g/mol. The number of rotatable bonds is 7. The molecule has 1 heterocycles. The van der Waals surface area contributed by atoms with Crippen LogP contribution in [0.2, 0.25) is 0 Å². The number of hydrogen-bond donors (Lipinski definition) is 3. The van der Waals surface area contributed by atoms with Crippen LogP contribution in [-0.2, 0) is 12.8 Å². The number of nitrogen functional groups attached to an aromatic ring is 1. The number of nitrogens with one attached hydrogen (secondary N) is 2. The second-order valence-corrected chi connectivity index (χ2v) is 6.51. The fraction of sp³-hybridized carbons (Fsp3) is 0.333. The maximum atomic E-state index is 5.81. The van der Waals surface area contributed by atoms with Gasteiger partial charge in [-0.15, -0.1) is 0 Å². The van der Waals surface area contributed by atoms with Gasteiger partial charge in [0.1, 0.15) is 0 Å². The Hall–Kier alpha value is -2.42. The van der Waals surface area contributed by atoms with Gasteiger partial charge in [0.25, 0.3) is 0 Å². The number of anilines is 2. The van der Waals surface area contributed by atoms with E-state index in [-0.39, 0.29) is 0 Å². The highest BCUT2D eigenvalue weighted by Gasteiger charge is 2.07. The van der Waals surface area contributed by atoms with Crippen molar-refractivity contribution in [3.8, 4) is 0 Å². The SMILES string of the molecule is CCCCc1cccc2c(CCNc3ccc(N)cc3C)c[nH]c12. The minimum absolute atomic E-state index is 0.814. The van der Waals surface area contributed by atoms with Gasteiger partial charge in [0.2, 0.25) is 0 Å². The standard InChI is InChI=1S/C21H27N3/c1-3-4-6-16-7-5-8-19-17(14-24-21(16)19)11-12-23-20-10-9-18(22)13-15(20)2/h5,7-10,13-14,23-24H,3-4,6,11-12,22H2,1-2H3. The van der Waals surface area contributed by atoms with Crippen molar-refractivity contribution in [3.05, 3.63) is 59.3 Å². The van der Waals surface area contributed by atoms with E-state index in [0.29, 0.717) is 0 Å². The average Bonchev–Trinajstić information content (AvgIpc) is 2.99. The Morgan fingerprint density at radius 3 is 2.75 bits per heavy atom. The van der Waals surface area contributed by atoms with E-state index in [1.165, 1.54) is 40.4 Å². The fourth-order valence-corrected chi connectivity index (χ4v) is 3.27. The molecule has 126 valence electrons. The third-order valence-electron chi connectivity index (χ3n) is 4.65. The van der Waals surface area contributed by atoms with Crippen molar-refractivity contribution >= 4 is 22.3 Å². The van der Waals surface area contributed by atoms with Gasteiger partial charge in [-0.05, 0) is 61.1 Å². The summed E-state index contributed by atoms with van der Waals surface area (Å²) in [4.78, 5) is 3.49. The maximum absolute atomic E-state index is 5.81. The molecule has 0 spiro atoms. The summed E-state index contributed by atoms with van der Waals surface area (Å²) >= 11 is 0. The lowest BCUT2D eigenvalue weighted by molar-refractivity contribution is 0.798. The third kappa shape index (κ3) is 3.56. The first kappa shape index (κ1) is 16.4. The van der Waals surface area contributed by atoms with Gasteiger partial charge in [-0.25, -0.2) is 0 Å². The van der Waals surface area contributed by atoms with Crippen LogP contribution in [0.3, 0.4) is 0 Å². The number of unbranched alkanes of at least 4 members (excludes halogenated alkanes) is 1. The smallest absolute Gasteiger partial charge is 0.0489 e. The summed E-state index contributed by atoms with van der Waals surface area (Å²) in [5, 5.41) is 4.88. The molecule has 3 heteroatoms. The van der Waals surface area contributed by atoms with E-state index in [9.17, 15) is 0 Å². The number of benzene rings is 2. The number of fused-ring (bicyclic) bond motifs is 1. The van der Waals surface area contributed by atoms with E-state index in [2.05, 4.69) is 54.6 Å². The van der Waals surface area contributed by atoms with Gasteiger partial charge in [0, 0.05) is 35.0 Å². The number of H-pyrrole nitrogens is 1. The van der Waals surface area contributed by atoms with Crippen LogP contribution < -0.4 is 11.1 Å². The van der Waals surface area contributed by atoms with Crippen molar-refractivity contribution in [2.75, 3.05) is 17.6 Å². The monoisotopic (exact) mass is 321 g/mol. The summed E-state index contributed by atoms with van der Waals surface area (Å²) in [6, 6.07) is 12.7. The Kier molecular flexibility index (Phi) is 5.09. The number of aromatic nitrogens is 1. The Morgan fingerprint density at radius 2 is 1.96 bits per heavy atom. The molecule has 0 aliphatic rings. The molecule has 0 bridgehead atoms. The van der Waals surface area contributed by atoms with E-state index in [4.69, 9.17) is 5.73 Å². The lowest BCUT2D eigenvalue weighted by atomic mass is 10.0. The Bertz CT molecular complexity index is 817. The van der Waals surface area contributed by atoms with E-state index in [1.807, 2.05) is 12.1 Å². The molecule has 0 radical (unpaired) electrons. The van der Waals surface area contributed by atoms with Gasteiger partial charge in [-0.2, -0.15) is 0 Å². The van der Waals surface area contributed by atoms with E-state index < -0.39 is 0 Å². The van der Waals surface area contributed by atoms with Crippen molar-refractivity contribution in [2.24, 2.45) is 0 Å². The van der Waals surface area contributed by atoms with Crippen molar-refractivity contribution in [1.29, 1.82) is 0 Å². The molecule has 0 atom stereocenters. The Morgan fingerprint density at radius 1 is 1.08 bits per heavy atom. The number of para-hydroxylation sites is 1. The topological polar surface area (TPSA) is 53.8 Å². The van der Waals surface area contributed by atoms with E-state index in [0.717, 1.165) is 30.8 Å². The lowest BCUT2D eigenvalue weighted by Gasteiger charge is -2.10. The highest BCUT2D eigenvalue weighted by molar-refractivity contribution is 5.86. The van der Waals surface area contributed by atoms with Crippen LogP contribution in [-0.4, -0.2) is 11.5 Å². The summed E-state index contributed by atoms with van der Waals surface area (Å²) in [5.41, 5.74) is 13.1. The number of hydrogen-bond acceptors (Lipinski definition) is 2. The molecule has 0 unspecified atom stereocenters. The molecule has 0 aliphatic heterocycles. The van der Waals surface area contributed by atoms with Crippen molar-refractivity contribution in [2.45, 2.75) is 39.5 Å². The second kappa shape index (κ2) is 7.43. The third-order valence-corrected chi connectivity index (χ3v) is 4.65. The van der Waals surface area contributed by atoms with Crippen LogP contribution in [0.1, 0.15) is 36.5 Å². The highest BCUT2D eigenvalue weighted by Crippen LogP contribution is 2.24. The first-order chi connectivity index (χ1) is 11.7. The molecule has 3 nitrogen and oxygen atoms in total. The zero-order chi connectivity index (χ0) is 16.9. The highest BCUT2D eigenvalue weighted by atomic mass is 14.9. The van der Waals surface area contributed by atoms with Gasteiger partial charge in [0.15, 0.2) is 0 Å². The van der Waals surface area contributed by atoms with Crippen LogP contribution in [0.5, 0.6) is 0 Å². The minimum atomic E-state index is 0.814. The van der Waals surface area contributed by atoms with Gasteiger partial charge in [-0.1, -0.05) is 31.5 Å². The second-order valence-electron chi connectivity index (χ2n) is 6.51. The minimum Gasteiger partial charge on any atom is -0.399 e. The maximum Gasteiger partial charge on any atom is 0.0489 e. The zero-order valence-electron chi connectivity index (χ0n) is 14.7. The van der Waals surface area contributed by atoms with Gasteiger partial charge < -0.3 is 16.0 Å². The van der Waals surface area contributed by atoms with Gasteiger partial charge in [-0.3, -0.25) is 0 Å². The zero-order valence-corrected chi connectivity index (χ0v) is 14.7. The largest absolute Gasteiger partial charge is 0.399 e. The quantitative estimate of drug-likeness (QED) is 0.533. The Balaban J connectivity index is 1.69. The summed E-state index contributed by atoms with van der Waals surface area (Å²) in [5.74, 6) is 0. The predicted molar refractivity (Wildman–Crippen MR) is 105 cm³/mol. The molecule has 0 saturated heterocycles. The molecule has 0 aliphatic carbocycles. The molecule has 3 rings (SSSR count). The normalized spacial score (nSPS) is 11.1. The average molecular weight is 321 g/mol. The molecule has 3 aromatic rings.